The van der Waals surface area contributed by atoms with Gasteiger partial charge in [-0.2, -0.15) is 0 Å². The van der Waals surface area contributed by atoms with Gasteiger partial charge < -0.3 is 18.9 Å². The van der Waals surface area contributed by atoms with Crippen molar-refractivity contribution in [1.82, 2.24) is 0 Å². The molecular formula is C54H93NO7P+. The van der Waals surface area contributed by atoms with Gasteiger partial charge in [0.15, 0.2) is 0 Å². The molecule has 0 amide bonds. The molecule has 8 nitrogen and oxygen atoms in total. The number of unbranched alkanes of at least 4 members (excludes halogenated alkanes) is 12. The standard InChI is InChI=1S/C54H92NO7P/c1-6-8-10-12-14-16-18-20-22-24-25-26-27-28-29-30-31-32-33-35-37-39-41-43-45-47-54(56)62-53(52-61-63(57,58)60-50-48-55(3,4)5)51-59-49-46-44-42-40-38-36-34-23-21-19-17-15-13-11-9-7-2/h8-11,14-17,20-23,25-26,28-29,36,38,53H,6-7,12-13,18-19,24,27,30-35,37,39-52H2,1-5H3/p+1/b10-8-,11-9-,16-14-,17-15-,22-20-,23-21-,26-25-,29-28-,38-36-. The van der Waals surface area contributed by atoms with Crippen LogP contribution in [0.5, 0.6) is 0 Å². The van der Waals surface area contributed by atoms with E-state index in [0.29, 0.717) is 24.1 Å². The number of esters is 1. The van der Waals surface area contributed by atoms with Gasteiger partial charge in [-0.1, -0.05) is 175 Å². The lowest BCUT2D eigenvalue weighted by Crippen LogP contribution is -2.37. The molecule has 0 aromatic heterocycles. The minimum Gasteiger partial charge on any atom is -0.457 e. The van der Waals surface area contributed by atoms with Crippen molar-refractivity contribution in [3.63, 3.8) is 0 Å². The molecule has 0 aliphatic rings. The van der Waals surface area contributed by atoms with Crippen LogP contribution in [0.4, 0.5) is 0 Å². The molecular weight excluding hydrogens is 806 g/mol. The predicted octanol–water partition coefficient (Wildman–Crippen LogP) is 15.2. The normalized spacial score (nSPS) is 14.6. The van der Waals surface area contributed by atoms with Crippen molar-refractivity contribution in [2.24, 2.45) is 0 Å². The Morgan fingerprint density at radius 3 is 1.30 bits per heavy atom. The van der Waals surface area contributed by atoms with Crippen molar-refractivity contribution < 1.29 is 37.3 Å². The number of hydrogen-bond acceptors (Lipinski definition) is 6. The number of likely N-dealkylation sites (N-methyl/N-ethyl adjacent to an activating group) is 1. The van der Waals surface area contributed by atoms with Gasteiger partial charge in [-0.15, -0.1) is 0 Å². The van der Waals surface area contributed by atoms with Gasteiger partial charge >= 0.3 is 13.8 Å². The molecule has 0 bridgehead atoms. The highest BCUT2D eigenvalue weighted by molar-refractivity contribution is 7.47. The summed E-state index contributed by atoms with van der Waals surface area (Å²) in [5, 5.41) is 0. The van der Waals surface area contributed by atoms with Crippen LogP contribution < -0.4 is 0 Å². The van der Waals surface area contributed by atoms with Gasteiger partial charge in [0.1, 0.15) is 19.3 Å². The first kappa shape index (κ1) is 60.2. The van der Waals surface area contributed by atoms with Crippen LogP contribution in [0.2, 0.25) is 0 Å². The highest BCUT2D eigenvalue weighted by atomic mass is 31.2. The number of nitrogens with zero attached hydrogens (tertiary/aromatic N) is 1. The third-order valence-electron chi connectivity index (χ3n) is 9.83. The molecule has 0 fully saturated rings. The third-order valence-corrected chi connectivity index (χ3v) is 10.8. The molecule has 2 unspecified atom stereocenters. The fourth-order valence-corrected chi connectivity index (χ4v) is 6.84. The zero-order valence-electron chi connectivity index (χ0n) is 40.8. The van der Waals surface area contributed by atoms with E-state index in [4.69, 9.17) is 18.5 Å². The minimum atomic E-state index is -4.30. The van der Waals surface area contributed by atoms with Crippen molar-refractivity contribution in [1.29, 1.82) is 0 Å². The molecule has 0 aliphatic carbocycles. The van der Waals surface area contributed by atoms with Crippen LogP contribution in [0.15, 0.2) is 109 Å². The number of phosphoric ester groups is 1. The maximum Gasteiger partial charge on any atom is 0.472 e. The Labute approximate surface area is 387 Å². The van der Waals surface area contributed by atoms with E-state index < -0.39 is 13.9 Å². The molecule has 0 saturated heterocycles. The summed E-state index contributed by atoms with van der Waals surface area (Å²) in [4.78, 5) is 23.0. The SMILES string of the molecule is CC/C=C\C/C=C\C/C=C\C/C=C\C/C=C\CCCCCCCCCCCC(=O)OC(COCCCCC/C=C\C/C=C\C/C=C\C/C=C\CC)COP(=O)(O)OCC[N+](C)(C)C. The van der Waals surface area contributed by atoms with E-state index in [9.17, 15) is 14.3 Å². The van der Waals surface area contributed by atoms with Crippen molar-refractivity contribution in [2.75, 3.05) is 54.1 Å². The highest BCUT2D eigenvalue weighted by Crippen LogP contribution is 2.43. The Hall–Kier alpha value is -2.84. The van der Waals surface area contributed by atoms with Gasteiger partial charge in [-0.25, -0.2) is 4.57 Å². The van der Waals surface area contributed by atoms with E-state index in [1.54, 1.807) is 0 Å². The quantitative estimate of drug-likeness (QED) is 0.0214. The summed E-state index contributed by atoms with van der Waals surface area (Å²) in [5.74, 6) is -0.337. The van der Waals surface area contributed by atoms with Crippen molar-refractivity contribution in [3.05, 3.63) is 109 Å². The average Bonchev–Trinajstić information content (AvgIpc) is 3.24. The summed E-state index contributed by atoms with van der Waals surface area (Å²) >= 11 is 0. The van der Waals surface area contributed by atoms with E-state index in [1.165, 1.54) is 38.5 Å². The molecule has 0 rings (SSSR count). The summed E-state index contributed by atoms with van der Waals surface area (Å²) in [5.41, 5.74) is 0. The summed E-state index contributed by atoms with van der Waals surface area (Å²) in [6.45, 7) is 5.28. The first-order valence-corrected chi connectivity index (χ1v) is 26.1. The van der Waals surface area contributed by atoms with Crippen LogP contribution in [0.25, 0.3) is 0 Å². The number of quaternary nitrogens is 1. The van der Waals surface area contributed by atoms with Crippen molar-refractivity contribution in [2.45, 2.75) is 174 Å². The van der Waals surface area contributed by atoms with Crippen LogP contribution in [-0.2, 0) is 27.9 Å². The molecule has 9 heteroatoms. The Kier molecular flexibility index (Phi) is 43.7. The predicted molar refractivity (Wildman–Crippen MR) is 270 cm³/mol. The van der Waals surface area contributed by atoms with Crippen molar-refractivity contribution in [3.8, 4) is 0 Å². The molecule has 0 aromatic rings. The fraction of sp³-hybridized carbons (Fsp3) is 0.648. The van der Waals surface area contributed by atoms with Gasteiger partial charge in [0, 0.05) is 13.0 Å². The second-order valence-electron chi connectivity index (χ2n) is 17.1. The van der Waals surface area contributed by atoms with E-state index in [2.05, 4.69) is 123 Å². The summed E-state index contributed by atoms with van der Waals surface area (Å²) in [7, 11) is 1.62. The lowest BCUT2D eigenvalue weighted by atomic mass is 10.1. The van der Waals surface area contributed by atoms with Gasteiger partial charge in [-0.3, -0.25) is 13.8 Å². The van der Waals surface area contributed by atoms with Gasteiger partial charge in [-0.05, 0) is 96.3 Å². The Morgan fingerprint density at radius 1 is 0.492 bits per heavy atom. The second kappa shape index (κ2) is 45.7. The Morgan fingerprint density at radius 2 is 0.873 bits per heavy atom. The number of rotatable bonds is 44. The first-order chi connectivity index (χ1) is 30.6. The molecule has 0 heterocycles. The third kappa shape index (κ3) is 50.0. The van der Waals surface area contributed by atoms with E-state index in [-0.39, 0.29) is 25.8 Å². The summed E-state index contributed by atoms with van der Waals surface area (Å²) in [6.07, 6.45) is 64.2. The number of carbonyl (C=O) groups is 1. The molecule has 0 aromatic carbocycles. The number of hydrogen-bond donors (Lipinski definition) is 1. The van der Waals surface area contributed by atoms with Gasteiger partial charge in [0.2, 0.25) is 0 Å². The summed E-state index contributed by atoms with van der Waals surface area (Å²) < 4.78 is 35.0. The maximum absolute atomic E-state index is 12.8. The molecule has 0 saturated carbocycles. The monoisotopic (exact) mass is 899 g/mol. The van der Waals surface area contributed by atoms with Gasteiger partial charge in [0.05, 0.1) is 34.4 Å². The van der Waals surface area contributed by atoms with E-state index >= 15 is 0 Å². The van der Waals surface area contributed by atoms with Crippen LogP contribution >= 0.6 is 7.82 Å². The maximum atomic E-state index is 12.8. The molecule has 2 atom stereocenters. The number of carbonyl (C=O) groups excluding carboxylic acids is 1. The molecule has 0 aliphatic heterocycles. The number of phosphoric acid groups is 1. The van der Waals surface area contributed by atoms with Gasteiger partial charge in [0.25, 0.3) is 0 Å². The van der Waals surface area contributed by atoms with Crippen LogP contribution in [-0.4, -0.2) is 75.6 Å². The van der Waals surface area contributed by atoms with Crippen molar-refractivity contribution >= 4 is 13.8 Å². The molecule has 0 spiro atoms. The van der Waals surface area contributed by atoms with E-state index in [0.717, 1.165) is 109 Å². The Bertz CT molecular complexity index is 1370. The molecule has 63 heavy (non-hydrogen) atoms. The zero-order chi connectivity index (χ0) is 46.2. The lowest BCUT2D eigenvalue weighted by Gasteiger charge is -2.24. The highest BCUT2D eigenvalue weighted by Gasteiger charge is 2.26. The minimum absolute atomic E-state index is 0.0744. The molecule has 360 valence electrons. The lowest BCUT2D eigenvalue weighted by molar-refractivity contribution is -0.870. The average molecular weight is 899 g/mol. The van der Waals surface area contributed by atoms with Crippen LogP contribution in [0.3, 0.4) is 0 Å². The second-order valence-corrected chi connectivity index (χ2v) is 18.5. The van der Waals surface area contributed by atoms with Crippen LogP contribution in [0, 0.1) is 0 Å². The molecule has 0 radical (unpaired) electrons. The fourth-order valence-electron chi connectivity index (χ4n) is 6.10. The molecule has 1 N–H and O–H groups in total. The first-order valence-electron chi connectivity index (χ1n) is 24.6. The zero-order valence-corrected chi connectivity index (χ0v) is 41.7. The Balaban J connectivity index is 4.23. The van der Waals surface area contributed by atoms with Crippen LogP contribution in [0.1, 0.15) is 168 Å². The number of ether oxygens (including phenoxy) is 2. The smallest absolute Gasteiger partial charge is 0.457 e. The topological polar surface area (TPSA) is 91.3 Å². The summed E-state index contributed by atoms with van der Waals surface area (Å²) in [6, 6.07) is 0. The van der Waals surface area contributed by atoms with E-state index in [1.807, 2.05) is 21.1 Å². The largest absolute Gasteiger partial charge is 0.472 e. The number of allylic oxidation sites excluding steroid dienone is 18.